The molecule has 0 aromatic carbocycles. The number of nitrogens with one attached hydrogen (secondary N) is 1. The van der Waals surface area contributed by atoms with Gasteiger partial charge in [-0.1, -0.05) is 367 Å². The third kappa shape index (κ3) is 65.9. The summed E-state index contributed by atoms with van der Waals surface area (Å²) < 4.78 is 0. The topological polar surface area (TPSA) is 69.6 Å². The molecule has 0 aliphatic carbocycles. The van der Waals surface area contributed by atoms with E-state index in [1.54, 1.807) is 6.08 Å². The monoisotopic (exact) mass is 1110 g/mol. The standard InChI is InChI=1S/C76H135NO3/c1-3-5-7-9-11-13-15-17-19-21-23-25-27-29-31-33-34-35-36-37-38-39-40-41-42-44-46-48-50-52-54-56-58-60-62-64-66-68-70-72-76(80)77-74(73-78)75(79)71-69-67-65-63-61-59-57-55-53-51-49-47-45-43-32-30-28-26-24-22-20-18-16-14-12-10-8-6-4-2/h5,7,11,13,17,19,23,25,29,31,34-35,37-38,40-41,69,71,74-75,78-79H,3-4,6,8-10,12,14-16,18,20-22,24,26-28,30,32-33,36,39,42-68,70,72-73H2,1-2H3,(H,77,80)/b7-5-,13-11-,19-17-,25-23-,31-29-,35-34-,38-37-,41-40-,71-69+. The van der Waals surface area contributed by atoms with Crippen molar-refractivity contribution in [2.75, 3.05) is 6.61 Å². The molecule has 0 radical (unpaired) electrons. The third-order valence-electron chi connectivity index (χ3n) is 15.8. The maximum atomic E-state index is 12.5. The van der Waals surface area contributed by atoms with Crippen LogP contribution in [0.3, 0.4) is 0 Å². The van der Waals surface area contributed by atoms with Crippen molar-refractivity contribution in [1.82, 2.24) is 5.32 Å². The van der Waals surface area contributed by atoms with Gasteiger partial charge in [0.25, 0.3) is 0 Å². The highest BCUT2D eigenvalue weighted by Crippen LogP contribution is 2.18. The SMILES string of the molecule is CC/C=C\C/C=C\C/C=C\C/C=C\C/C=C\C/C=C\C/C=C\C/C=C\CCCCCCCCCCCCCCCCC(=O)NC(CO)C(O)/C=C/CCCCCCCCCCCCCCCCCCCCCCCCCCCCC. The van der Waals surface area contributed by atoms with Crippen LogP contribution < -0.4 is 5.32 Å². The van der Waals surface area contributed by atoms with Crippen molar-refractivity contribution < 1.29 is 15.0 Å². The molecule has 4 nitrogen and oxygen atoms in total. The average molecular weight is 1110 g/mol. The van der Waals surface area contributed by atoms with Gasteiger partial charge in [-0.25, -0.2) is 0 Å². The van der Waals surface area contributed by atoms with Crippen LogP contribution in [-0.2, 0) is 4.79 Å². The van der Waals surface area contributed by atoms with E-state index in [0.717, 1.165) is 77.0 Å². The number of hydrogen-bond donors (Lipinski definition) is 3. The number of unbranched alkanes of at least 4 members (excludes halogenated alkanes) is 41. The number of aliphatic hydroxyl groups is 2. The Hall–Kier alpha value is -2.95. The van der Waals surface area contributed by atoms with Crippen LogP contribution in [0.2, 0.25) is 0 Å². The second-order valence-corrected chi connectivity index (χ2v) is 23.6. The van der Waals surface area contributed by atoms with E-state index in [1.165, 1.54) is 250 Å². The van der Waals surface area contributed by atoms with Gasteiger partial charge in [0.15, 0.2) is 0 Å². The van der Waals surface area contributed by atoms with Crippen LogP contribution in [0.25, 0.3) is 0 Å². The molecule has 2 unspecified atom stereocenters. The molecule has 0 heterocycles. The first kappa shape index (κ1) is 77.0. The smallest absolute Gasteiger partial charge is 0.220 e. The highest BCUT2D eigenvalue weighted by molar-refractivity contribution is 5.76. The summed E-state index contributed by atoms with van der Waals surface area (Å²) in [6.07, 6.45) is 106. The average Bonchev–Trinajstić information content (AvgIpc) is 3.46. The minimum Gasteiger partial charge on any atom is -0.394 e. The third-order valence-corrected chi connectivity index (χ3v) is 15.8. The van der Waals surface area contributed by atoms with Gasteiger partial charge in [-0.2, -0.15) is 0 Å². The normalized spacial score (nSPS) is 13.4. The summed E-state index contributed by atoms with van der Waals surface area (Å²) in [5, 5.41) is 23.3. The molecule has 0 aliphatic rings. The highest BCUT2D eigenvalue weighted by atomic mass is 16.3. The van der Waals surface area contributed by atoms with E-state index in [9.17, 15) is 15.0 Å². The van der Waals surface area contributed by atoms with E-state index in [4.69, 9.17) is 0 Å². The van der Waals surface area contributed by atoms with Gasteiger partial charge in [0.05, 0.1) is 18.8 Å². The second-order valence-electron chi connectivity index (χ2n) is 23.6. The maximum absolute atomic E-state index is 12.5. The zero-order valence-electron chi connectivity index (χ0n) is 53.3. The van der Waals surface area contributed by atoms with Crippen LogP contribution >= 0.6 is 0 Å². The molecule has 0 fully saturated rings. The molecule has 462 valence electrons. The molecule has 0 aromatic rings. The molecule has 3 N–H and O–H groups in total. The van der Waals surface area contributed by atoms with Gasteiger partial charge in [-0.15, -0.1) is 0 Å². The Labute approximate surface area is 499 Å². The van der Waals surface area contributed by atoms with Gasteiger partial charge in [0.2, 0.25) is 5.91 Å². The molecule has 4 heteroatoms. The fourth-order valence-corrected chi connectivity index (χ4v) is 10.5. The van der Waals surface area contributed by atoms with E-state index in [-0.39, 0.29) is 12.5 Å². The Morgan fingerprint density at radius 1 is 0.312 bits per heavy atom. The zero-order chi connectivity index (χ0) is 57.6. The lowest BCUT2D eigenvalue weighted by molar-refractivity contribution is -0.123. The fraction of sp³-hybridized carbons (Fsp3) is 0.750. The summed E-state index contributed by atoms with van der Waals surface area (Å²) in [6.45, 7) is 4.22. The van der Waals surface area contributed by atoms with E-state index in [2.05, 4.69) is 116 Å². The molecule has 80 heavy (non-hydrogen) atoms. The second kappa shape index (κ2) is 70.3. The molecular weight excluding hydrogens is 975 g/mol. The molecule has 0 aromatic heterocycles. The van der Waals surface area contributed by atoms with Crippen molar-refractivity contribution in [2.45, 2.75) is 360 Å². The van der Waals surface area contributed by atoms with Gasteiger partial charge in [0.1, 0.15) is 0 Å². The molecular formula is C76H135NO3. The number of rotatable bonds is 64. The van der Waals surface area contributed by atoms with Gasteiger partial charge >= 0.3 is 0 Å². The summed E-state index contributed by atoms with van der Waals surface area (Å²) in [6, 6.07) is -0.630. The van der Waals surface area contributed by atoms with Gasteiger partial charge in [-0.05, 0) is 83.5 Å². The first-order valence-corrected chi connectivity index (χ1v) is 35.1. The summed E-state index contributed by atoms with van der Waals surface area (Å²) >= 11 is 0. The quantitative estimate of drug-likeness (QED) is 0.0420. The number of carbonyl (C=O) groups excluding carboxylic acids is 1. The minimum absolute atomic E-state index is 0.0636. The number of aliphatic hydroxyl groups excluding tert-OH is 2. The predicted octanol–water partition coefficient (Wildman–Crippen LogP) is 24.2. The fourth-order valence-electron chi connectivity index (χ4n) is 10.5. The summed E-state index contributed by atoms with van der Waals surface area (Å²) in [5.41, 5.74) is 0. The Morgan fingerprint density at radius 3 is 0.825 bits per heavy atom. The number of allylic oxidation sites excluding steroid dienone is 17. The highest BCUT2D eigenvalue weighted by Gasteiger charge is 2.18. The first-order chi connectivity index (χ1) is 39.7. The van der Waals surface area contributed by atoms with Crippen molar-refractivity contribution in [1.29, 1.82) is 0 Å². The van der Waals surface area contributed by atoms with Gasteiger partial charge < -0.3 is 15.5 Å². The van der Waals surface area contributed by atoms with Crippen molar-refractivity contribution in [3.63, 3.8) is 0 Å². The Morgan fingerprint density at radius 2 is 0.550 bits per heavy atom. The number of amides is 1. The van der Waals surface area contributed by atoms with E-state index in [1.807, 2.05) is 6.08 Å². The lowest BCUT2D eigenvalue weighted by Gasteiger charge is -2.20. The Bertz CT molecular complexity index is 1490. The van der Waals surface area contributed by atoms with Crippen molar-refractivity contribution in [2.24, 2.45) is 0 Å². The molecule has 0 aliphatic heterocycles. The van der Waals surface area contributed by atoms with E-state index >= 15 is 0 Å². The van der Waals surface area contributed by atoms with E-state index < -0.39 is 12.1 Å². The lowest BCUT2D eigenvalue weighted by Crippen LogP contribution is -2.45. The molecule has 0 saturated carbocycles. The van der Waals surface area contributed by atoms with Crippen LogP contribution in [0.1, 0.15) is 348 Å². The minimum atomic E-state index is -0.847. The molecule has 0 saturated heterocycles. The van der Waals surface area contributed by atoms with Gasteiger partial charge in [0, 0.05) is 6.42 Å². The van der Waals surface area contributed by atoms with Crippen molar-refractivity contribution in [3.8, 4) is 0 Å². The van der Waals surface area contributed by atoms with Gasteiger partial charge in [-0.3, -0.25) is 4.79 Å². The predicted molar refractivity (Wildman–Crippen MR) is 359 cm³/mol. The summed E-state index contributed by atoms with van der Waals surface area (Å²) in [7, 11) is 0. The molecule has 2 atom stereocenters. The zero-order valence-corrected chi connectivity index (χ0v) is 53.3. The van der Waals surface area contributed by atoms with Crippen LogP contribution in [0.4, 0.5) is 0 Å². The molecule has 0 rings (SSSR count). The summed E-state index contributed by atoms with van der Waals surface area (Å²) in [5.74, 6) is -0.0636. The molecule has 1 amide bonds. The number of hydrogen-bond acceptors (Lipinski definition) is 3. The largest absolute Gasteiger partial charge is 0.394 e. The number of carbonyl (C=O) groups is 1. The van der Waals surface area contributed by atoms with E-state index in [0.29, 0.717) is 6.42 Å². The Balaban J connectivity index is 3.50. The molecule has 0 bridgehead atoms. The van der Waals surface area contributed by atoms with Crippen molar-refractivity contribution in [3.05, 3.63) is 109 Å². The van der Waals surface area contributed by atoms with Crippen LogP contribution in [-0.4, -0.2) is 34.9 Å². The maximum Gasteiger partial charge on any atom is 0.220 e. The van der Waals surface area contributed by atoms with Crippen LogP contribution in [0, 0.1) is 0 Å². The lowest BCUT2D eigenvalue weighted by atomic mass is 10.0. The summed E-state index contributed by atoms with van der Waals surface area (Å²) in [4.78, 5) is 12.5. The van der Waals surface area contributed by atoms with Crippen LogP contribution in [0.5, 0.6) is 0 Å². The Kier molecular flexibility index (Phi) is 67.7. The molecule has 0 spiro atoms. The van der Waals surface area contributed by atoms with Crippen LogP contribution in [0.15, 0.2) is 109 Å². The first-order valence-electron chi connectivity index (χ1n) is 35.1. The van der Waals surface area contributed by atoms with Crippen molar-refractivity contribution >= 4 is 5.91 Å².